The third-order valence-corrected chi connectivity index (χ3v) is 2.98. The van der Waals surface area contributed by atoms with Crippen molar-refractivity contribution >= 4 is 6.09 Å². The summed E-state index contributed by atoms with van der Waals surface area (Å²) in [6.07, 6.45) is -5.19. The van der Waals surface area contributed by atoms with Gasteiger partial charge in [-0.25, -0.2) is 4.79 Å². The van der Waals surface area contributed by atoms with Crippen molar-refractivity contribution in [3.63, 3.8) is 0 Å². The van der Waals surface area contributed by atoms with Crippen molar-refractivity contribution in [2.75, 3.05) is 0 Å². The first-order valence-electron chi connectivity index (χ1n) is 6.55. The highest BCUT2D eigenvalue weighted by Gasteiger charge is 2.34. The first-order valence-corrected chi connectivity index (χ1v) is 6.55. The minimum atomic E-state index is -4.45. The minimum Gasteiger partial charge on any atom is -0.444 e. The highest BCUT2D eigenvalue weighted by Crippen LogP contribution is 2.34. The molecule has 0 saturated carbocycles. The van der Waals surface area contributed by atoms with Gasteiger partial charge in [-0.05, 0) is 57.4 Å². The fourth-order valence-corrected chi connectivity index (χ4v) is 1.84. The van der Waals surface area contributed by atoms with Crippen LogP contribution in [-0.4, -0.2) is 11.7 Å². The number of rotatable bonds is 2. The van der Waals surface area contributed by atoms with Crippen LogP contribution < -0.4 is 5.32 Å². The van der Waals surface area contributed by atoms with Gasteiger partial charge in [-0.15, -0.1) is 0 Å². The van der Waals surface area contributed by atoms with Crippen LogP contribution in [0.15, 0.2) is 12.1 Å². The van der Waals surface area contributed by atoms with Crippen molar-refractivity contribution < 1.29 is 22.7 Å². The zero-order valence-corrected chi connectivity index (χ0v) is 12.8. The second-order valence-electron chi connectivity index (χ2n) is 5.89. The summed E-state index contributed by atoms with van der Waals surface area (Å²) in [5, 5.41) is 2.37. The number of amides is 1. The van der Waals surface area contributed by atoms with E-state index in [9.17, 15) is 18.0 Å². The number of carbonyl (C=O) groups is 1. The Morgan fingerprint density at radius 2 is 1.76 bits per heavy atom. The summed E-state index contributed by atoms with van der Waals surface area (Å²) in [7, 11) is 0. The highest BCUT2D eigenvalue weighted by molar-refractivity contribution is 5.67. The highest BCUT2D eigenvalue weighted by atomic mass is 19.4. The Morgan fingerprint density at radius 1 is 1.19 bits per heavy atom. The number of hydrogen-bond acceptors (Lipinski definition) is 2. The van der Waals surface area contributed by atoms with Gasteiger partial charge in [-0.2, -0.15) is 13.2 Å². The number of halogens is 3. The van der Waals surface area contributed by atoms with Gasteiger partial charge in [-0.3, -0.25) is 0 Å². The van der Waals surface area contributed by atoms with E-state index in [-0.39, 0.29) is 12.1 Å². The Kier molecular flexibility index (Phi) is 4.91. The van der Waals surface area contributed by atoms with E-state index in [2.05, 4.69) is 5.32 Å². The molecule has 0 spiro atoms. The van der Waals surface area contributed by atoms with Gasteiger partial charge in [0.15, 0.2) is 0 Å². The molecule has 118 valence electrons. The average Bonchev–Trinajstić information content (AvgIpc) is 2.27. The molecule has 1 amide bonds. The Morgan fingerprint density at radius 3 is 2.24 bits per heavy atom. The lowest BCUT2D eigenvalue weighted by Gasteiger charge is -2.21. The minimum absolute atomic E-state index is 0.0633. The van der Waals surface area contributed by atoms with Crippen LogP contribution in [0.2, 0.25) is 0 Å². The molecule has 3 nitrogen and oxygen atoms in total. The third kappa shape index (κ3) is 4.95. The van der Waals surface area contributed by atoms with Crippen molar-refractivity contribution in [2.24, 2.45) is 0 Å². The lowest BCUT2D eigenvalue weighted by atomic mass is 9.97. The number of benzene rings is 1. The number of alkyl halides is 3. The van der Waals surface area contributed by atoms with E-state index in [0.29, 0.717) is 5.56 Å². The zero-order chi connectivity index (χ0) is 16.4. The van der Waals surface area contributed by atoms with Gasteiger partial charge < -0.3 is 10.1 Å². The standard InChI is InChI=1S/C15H20F3NO2/c1-9-6-7-12(15(16,17)18)11(10(9)2)8-19-13(20)21-14(3,4)5/h6-7H,8H2,1-5H3,(H,19,20). The third-order valence-electron chi connectivity index (χ3n) is 2.98. The molecule has 0 heterocycles. The van der Waals surface area contributed by atoms with Gasteiger partial charge >= 0.3 is 12.3 Å². The average molecular weight is 303 g/mol. The van der Waals surface area contributed by atoms with Crippen LogP contribution in [0.5, 0.6) is 0 Å². The van der Waals surface area contributed by atoms with E-state index in [1.807, 2.05) is 0 Å². The van der Waals surface area contributed by atoms with E-state index in [1.54, 1.807) is 34.6 Å². The Balaban J connectivity index is 2.97. The number of aryl methyl sites for hydroxylation is 1. The van der Waals surface area contributed by atoms with Crippen molar-refractivity contribution in [1.82, 2.24) is 5.32 Å². The second-order valence-corrected chi connectivity index (χ2v) is 5.89. The molecule has 0 aliphatic rings. The maximum Gasteiger partial charge on any atom is 0.416 e. The van der Waals surface area contributed by atoms with Gasteiger partial charge in [0.1, 0.15) is 5.60 Å². The van der Waals surface area contributed by atoms with Crippen molar-refractivity contribution in [1.29, 1.82) is 0 Å². The molecule has 0 aromatic heterocycles. The quantitative estimate of drug-likeness (QED) is 0.882. The molecule has 0 saturated heterocycles. The van der Waals surface area contributed by atoms with Crippen LogP contribution in [-0.2, 0) is 17.5 Å². The fraction of sp³-hybridized carbons (Fsp3) is 0.533. The molecule has 0 unspecified atom stereocenters. The molecular formula is C15H20F3NO2. The lowest BCUT2D eigenvalue weighted by molar-refractivity contribution is -0.138. The van der Waals surface area contributed by atoms with Gasteiger partial charge in [-0.1, -0.05) is 6.07 Å². The monoisotopic (exact) mass is 303 g/mol. The molecule has 0 atom stereocenters. The summed E-state index contributed by atoms with van der Waals surface area (Å²) < 4.78 is 44.1. The molecule has 0 aliphatic carbocycles. The van der Waals surface area contributed by atoms with E-state index in [4.69, 9.17) is 4.74 Å². The largest absolute Gasteiger partial charge is 0.444 e. The van der Waals surface area contributed by atoms with Crippen molar-refractivity contribution in [2.45, 2.75) is 52.9 Å². The predicted octanol–water partition coefficient (Wildman–Crippen LogP) is 4.35. The van der Waals surface area contributed by atoms with Crippen LogP contribution in [0.3, 0.4) is 0 Å². The zero-order valence-electron chi connectivity index (χ0n) is 12.8. The fourth-order valence-electron chi connectivity index (χ4n) is 1.84. The van der Waals surface area contributed by atoms with Gasteiger partial charge in [0, 0.05) is 6.54 Å². The smallest absolute Gasteiger partial charge is 0.416 e. The summed E-state index contributed by atoms with van der Waals surface area (Å²) in [5.74, 6) is 0. The Hall–Kier alpha value is -1.72. The topological polar surface area (TPSA) is 38.3 Å². The van der Waals surface area contributed by atoms with E-state index in [0.717, 1.165) is 11.6 Å². The number of ether oxygens (including phenoxy) is 1. The van der Waals surface area contributed by atoms with Crippen LogP contribution in [0.4, 0.5) is 18.0 Å². The first-order chi connectivity index (χ1) is 9.42. The Bertz CT molecular complexity index is 531. The summed E-state index contributed by atoms with van der Waals surface area (Å²) in [6.45, 7) is 8.17. The predicted molar refractivity (Wildman–Crippen MR) is 74.0 cm³/mol. The molecule has 1 aromatic carbocycles. The van der Waals surface area contributed by atoms with E-state index >= 15 is 0 Å². The molecule has 6 heteroatoms. The summed E-state index contributed by atoms with van der Waals surface area (Å²) in [5.41, 5.74) is -0.113. The molecule has 21 heavy (non-hydrogen) atoms. The SMILES string of the molecule is Cc1ccc(C(F)(F)F)c(CNC(=O)OC(C)(C)C)c1C. The second kappa shape index (κ2) is 5.95. The first kappa shape index (κ1) is 17.3. The molecule has 0 radical (unpaired) electrons. The molecule has 1 N–H and O–H groups in total. The van der Waals surface area contributed by atoms with Gasteiger partial charge in [0.2, 0.25) is 0 Å². The lowest BCUT2D eigenvalue weighted by Crippen LogP contribution is -2.32. The molecule has 0 aliphatic heterocycles. The van der Waals surface area contributed by atoms with Crippen LogP contribution >= 0.6 is 0 Å². The van der Waals surface area contributed by atoms with E-state index in [1.165, 1.54) is 6.07 Å². The van der Waals surface area contributed by atoms with Gasteiger partial charge in [0.05, 0.1) is 5.56 Å². The summed E-state index contributed by atoms with van der Waals surface area (Å²) in [6, 6.07) is 2.46. The van der Waals surface area contributed by atoms with E-state index < -0.39 is 23.4 Å². The molecule has 0 bridgehead atoms. The molecular weight excluding hydrogens is 283 g/mol. The maximum atomic E-state index is 13.0. The van der Waals surface area contributed by atoms with Crippen LogP contribution in [0, 0.1) is 13.8 Å². The number of hydrogen-bond donors (Lipinski definition) is 1. The number of nitrogens with one attached hydrogen (secondary N) is 1. The Labute approximate surface area is 122 Å². The van der Waals surface area contributed by atoms with Crippen molar-refractivity contribution in [3.05, 3.63) is 34.4 Å². The summed E-state index contributed by atoms with van der Waals surface area (Å²) in [4.78, 5) is 11.6. The van der Waals surface area contributed by atoms with Crippen molar-refractivity contribution in [3.8, 4) is 0 Å². The number of alkyl carbamates (subject to hydrolysis) is 1. The molecule has 0 fully saturated rings. The van der Waals surface area contributed by atoms with Gasteiger partial charge in [0.25, 0.3) is 0 Å². The molecule has 1 aromatic rings. The summed E-state index contributed by atoms with van der Waals surface area (Å²) >= 11 is 0. The normalized spacial score (nSPS) is 12.2. The molecule has 1 rings (SSSR count). The maximum absolute atomic E-state index is 13.0. The number of carbonyl (C=O) groups excluding carboxylic acids is 1. The van der Waals surface area contributed by atoms with Crippen LogP contribution in [0.1, 0.15) is 43.0 Å². The van der Waals surface area contributed by atoms with Crippen LogP contribution in [0.25, 0.3) is 0 Å².